The average molecular weight is 583 g/mol. The van der Waals surface area contributed by atoms with E-state index in [0.29, 0.717) is 11.3 Å². The van der Waals surface area contributed by atoms with Crippen LogP contribution >= 0.6 is 15.9 Å². The highest BCUT2D eigenvalue weighted by atomic mass is 79.9. The van der Waals surface area contributed by atoms with E-state index in [-0.39, 0.29) is 18.5 Å². The van der Waals surface area contributed by atoms with Crippen molar-refractivity contribution in [3.05, 3.63) is 63.9 Å². The highest BCUT2D eigenvalue weighted by molar-refractivity contribution is 9.10. The second-order valence-corrected chi connectivity index (χ2v) is 12.1. The van der Waals surface area contributed by atoms with Crippen molar-refractivity contribution in [3.8, 4) is 0 Å². The van der Waals surface area contributed by atoms with E-state index in [1.807, 2.05) is 6.92 Å². The predicted molar refractivity (Wildman–Crippen MR) is 142 cm³/mol. The first-order valence-electron chi connectivity index (χ1n) is 12.0. The molecule has 10 heteroatoms. The van der Waals surface area contributed by atoms with Crippen LogP contribution in [0.15, 0.2) is 46.9 Å². The van der Waals surface area contributed by atoms with Gasteiger partial charge in [0.1, 0.15) is 18.4 Å². The molecule has 1 N–H and O–H groups in total. The number of nitrogens with zero attached hydrogens (tertiary/aromatic N) is 2. The van der Waals surface area contributed by atoms with Gasteiger partial charge in [-0.05, 0) is 68.1 Å². The Labute approximate surface area is 221 Å². The molecule has 2 aromatic rings. The molecule has 1 fully saturated rings. The highest BCUT2D eigenvalue weighted by Gasteiger charge is 2.31. The minimum atomic E-state index is -3.80. The number of carbonyl (C=O) groups is 2. The Bertz CT molecular complexity index is 1180. The lowest BCUT2D eigenvalue weighted by molar-refractivity contribution is -0.139. The Hall–Kier alpha value is -2.46. The van der Waals surface area contributed by atoms with Crippen molar-refractivity contribution in [1.29, 1.82) is 0 Å². The molecule has 0 radical (unpaired) electrons. The minimum absolute atomic E-state index is 0.0370. The van der Waals surface area contributed by atoms with Crippen LogP contribution in [0.4, 0.5) is 10.1 Å². The third kappa shape index (κ3) is 7.52. The van der Waals surface area contributed by atoms with Crippen LogP contribution in [0.5, 0.6) is 0 Å². The molecule has 7 nitrogen and oxygen atoms in total. The van der Waals surface area contributed by atoms with Crippen LogP contribution in [0.25, 0.3) is 0 Å². The summed E-state index contributed by atoms with van der Waals surface area (Å²) < 4.78 is 40.7. The van der Waals surface area contributed by atoms with Gasteiger partial charge in [0.05, 0.1) is 11.9 Å². The van der Waals surface area contributed by atoms with Crippen LogP contribution in [-0.4, -0.2) is 50.0 Å². The van der Waals surface area contributed by atoms with Crippen LogP contribution in [-0.2, 0) is 26.2 Å². The van der Waals surface area contributed by atoms with E-state index in [1.165, 1.54) is 17.0 Å². The van der Waals surface area contributed by atoms with E-state index in [1.54, 1.807) is 37.3 Å². The van der Waals surface area contributed by atoms with Gasteiger partial charge in [0.15, 0.2) is 0 Å². The molecular weight excluding hydrogens is 549 g/mol. The van der Waals surface area contributed by atoms with Gasteiger partial charge in [0.25, 0.3) is 0 Å². The number of aryl methyl sites for hydroxylation is 1. The molecule has 1 saturated carbocycles. The number of hydrogen-bond donors (Lipinski definition) is 1. The van der Waals surface area contributed by atoms with Crippen molar-refractivity contribution in [1.82, 2.24) is 10.2 Å². The Morgan fingerprint density at radius 1 is 1.11 bits per heavy atom. The largest absolute Gasteiger partial charge is 0.352 e. The van der Waals surface area contributed by atoms with Crippen LogP contribution in [0.2, 0.25) is 0 Å². The molecule has 0 heterocycles. The van der Waals surface area contributed by atoms with Crippen LogP contribution in [0.3, 0.4) is 0 Å². The molecule has 2 amide bonds. The summed E-state index contributed by atoms with van der Waals surface area (Å²) in [7, 11) is -3.80. The lowest BCUT2D eigenvalue weighted by atomic mass is 9.95. The normalized spacial score (nSPS) is 15.2. The van der Waals surface area contributed by atoms with E-state index in [0.717, 1.165) is 52.7 Å². The molecule has 0 spiro atoms. The average Bonchev–Trinajstić information content (AvgIpc) is 2.83. The highest BCUT2D eigenvalue weighted by Crippen LogP contribution is 2.25. The van der Waals surface area contributed by atoms with Gasteiger partial charge >= 0.3 is 0 Å². The minimum Gasteiger partial charge on any atom is -0.352 e. The lowest BCUT2D eigenvalue weighted by Crippen LogP contribution is -2.53. The zero-order chi connectivity index (χ0) is 26.5. The number of nitrogens with one attached hydrogen (secondary N) is 1. The van der Waals surface area contributed by atoms with Gasteiger partial charge in [-0.15, -0.1) is 0 Å². The van der Waals surface area contributed by atoms with E-state index in [4.69, 9.17) is 0 Å². The number of carbonyl (C=O) groups excluding carboxylic acids is 2. The lowest BCUT2D eigenvalue weighted by Gasteiger charge is -2.33. The molecule has 36 heavy (non-hydrogen) atoms. The number of halogens is 2. The van der Waals surface area contributed by atoms with Crippen molar-refractivity contribution in [2.75, 3.05) is 17.1 Å². The fraction of sp³-hybridized carbons (Fsp3) is 0.462. The maximum Gasteiger partial charge on any atom is 0.244 e. The van der Waals surface area contributed by atoms with E-state index in [9.17, 15) is 22.4 Å². The molecule has 1 atom stereocenters. The molecular formula is C26H33BrFN3O4S. The summed E-state index contributed by atoms with van der Waals surface area (Å²) in [6.07, 6.45) is 6.08. The first-order valence-corrected chi connectivity index (χ1v) is 14.7. The molecule has 1 unspecified atom stereocenters. The number of sulfonamides is 1. The Balaban J connectivity index is 1.87. The van der Waals surface area contributed by atoms with E-state index >= 15 is 0 Å². The van der Waals surface area contributed by atoms with Gasteiger partial charge in [-0.3, -0.25) is 13.9 Å². The zero-order valence-electron chi connectivity index (χ0n) is 20.8. The van der Waals surface area contributed by atoms with Gasteiger partial charge in [-0.25, -0.2) is 12.8 Å². The fourth-order valence-electron chi connectivity index (χ4n) is 4.34. The Morgan fingerprint density at radius 2 is 1.75 bits per heavy atom. The standard InChI is InChI=1S/C26H33BrFN3O4S/c1-18-15-23(13-14-24(18)27)31(36(3,34)35)17-25(32)30(16-20-9-11-21(28)12-10-20)19(2)26(33)29-22-7-5-4-6-8-22/h9-15,19,22H,4-8,16-17H2,1-3H3,(H,29,33). The molecule has 0 saturated heterocycles. The van der Waals surface area contributed by atoms with Crippen molar-refractivity contribution in [2.24, 2.45) is 0 Å². The first-order chi connectivity index (χ1) is 17.0. The summed E-state index contributed by atoms with van der Waals surface area (Å²) in [6.45, 7) is 3.03. The number of hydrogen-bond acceptors (Lipinski definition) is 4. The number of benzene rings is 2. The molecule has 0 bridgehead atoms. The van der Waals surface area contributed by atoms with Gasteiger partial charge in [0.2, 0.25) is 21.8 Å². The first kappa shape index (κ1) is 28.1. The third-order valence-electron chi connectivity index (χ3n) is 6.49. The van der Waals surface area contributed by atoms with Gasteiger partial charge in [-0.2, -0.15) is 0 Å². The van der Waals surface area contributed by atoms with E-state index in [2.05, 4.69) is 21.2 Å². The molecule has 0 aliphatic heterocycles. The van der Waals surface area contributed by atoms with Crippen molar-refractivity contribution >= 4 is 43.5 Å². The molecule has 3 rings (SSSR count). The maximum atomic E-state index is 13.6. The monoisotopic (exact) mass is 581 g/mol. The Kier molecular flexibility index (Phi) is 9.52. The van der Waals surface area contributed by atoms with E-state index < -0.39 is 34.3 Å². The maximum absolute atomic E-state index is 13.6. The molecule has 196 valence electrons. The predicted octanol–water partition coefficient (Wildman–Crippen LogP) is 4.53. The fourth-order valence-corrected chi connectivity index (χ4v) is 5.42. The summed E-state index contributed by atoms with van der Waals surface area (Å²) in [6, 6.07) is 9.92. The molecule has 2 aromatic carbocycles. The van der Waals surface area contributed by atoms with Crippen LogP contribution in [0, 0.1) is 12.7 Å². The van der Waals surface area contributed by atoms with Crippen molar-refractivity contribution < 1.29 is 22.4 Å². The third-order valence-corrected chi connectivity index (χ3v) is 8.52. The summed E-state index contributed by atoms with van der Waals surface area (Å²) in [5, 5.41) is 3.05. The van der Waals surface area contributed by atoms with Gasteiger partial charge < -0.3 is 10.2 Å². The molecule has 1 aliphatic carbocycles. The zero-order valence-corrected chi connectivity index (χ0v) is 23.2. The quantitative estimate of drug-likeness (QED) is 0.471. The van der Waals surface area contributed by atoms with Gasteiger partial charge in [-0.1, -0.05) is 47.3 Å². The van der Waals surface area contributed by atoms with Crippen LogP contribution in [0.1, 0.15) is 50.2 Å². The van der Waals surface area contributed by atoms with Gasteiger partial charge in [0, 0.05) is 17.1 Å². The topological polar surface area (TPSA) is 86.8 Å². The molecule has 0 aromatic heterocycles. The summed E-state index contributed by atoms with van der Waals surface area (Å²) in [4.78, 5) is 28.1. The summed E-state index contributed by atoms with van der Waals surface area (Å²) >= 11 is 3.41. The number of anilines is 1. The smallest absolute Gasteiger partial charge is 0.244 e. The van der Waals surface area contributed by atoms with Crippen LogP contribution < -0.4 is 9.62 Å². The number of amides is 2. The van der Waals surface area contributed by atoms with Crippen molar-refractivity contribution in [3.63, 3.8) is 0 Å². The number of rotatable bonds is 9. The summed E-state index contributed by atoms with van der Waals surface area (Å²) in [5.41, 5.74) is 1.80. The Morgan fingerprint density at radius 3 is 2.33 bits per heavy atom. The second kappa shape index (κ2) is 12.2. The SMILES string of the molecule is Cc1cc(N(CC(=O)N(Cc2ccc(F)cc2)C(C)C(=O)NC2CCCCC2)S(C)(=O)=O)ccc1Br. The second-order valence-electron chi connectivity index (χ2n) is 9.37. The summed E-state index contributed by atoms with van der Waals surface area (Å²) in [5.74, 6) is -1.23. The molecule has 1 aliphatic rings. The van der Waals surface area contributed by atoms with Crippen molar-refractivity contribution in [2.45, 2.75) is 64.6 Å².